The van der Waals surface area contributed by atoms with Crippen LogP contribution in [-0.2, 0) is 4.79 Å². The zero-order valence-corrected chi connectivity index (χ0v) is 9.36. The van der Waals surface area contributed by atoms with Crippen molar-refractivity contribution in [3.63, 3.8) is 0 Å². The summed E-state index contributed by atoms with van der Waals surface area (Å²) < 4.78 is 0. The molecule has 0 rings (SSSR count). The monoisotopic (exact) mass is 212 g/mol. The van der Waals surface area contributed by atoms with E-state index < -0.39 is 0 Å². The molecule has 0 radical (unpaired) electrons. The van der Waals surface area contributed by atoms with Crippen LogP contribution in [0.25, 0.3) is 0 Å². The molecule has 0 spiro atoms. The summed E-state index contributed by atoms with van der Waals surface area (Å²) in [5, 5.41) is 0. The number of carbonyl (C=O) groups excluding carboxylic acids is 1. The molecule has 0 saturated carbocycles. The largest absolute Gasteiger partial charge is 0.289 e. The summed E-state index contributed by atoms with van der Waals surface area (Å²) in [6, 6.07) is 0. The molecule has 82 valence electrons. The van der Waals surface area contributed by atoms with Crippen molar-refractivity contribution in [2.75, 3.05) is 0 Å². The number of rotatable bonds is 7. The van der Waals surface area contributed by atoms with Gasteiger partial charge in [-0.1, -0.05) is 74.9 Å². The molecule has 0 atom stereocenters. The van der Waals surface area contributed by atoms with Crippen LogP contribution in [0, 0.1) is 0 Å². The van der Waals surface area contributed by atoms with Crippen molar-refractivity contribution in [1.82, 2.24) is 0 Å². The van der Waals surface area contributed by atoms with Crippen molar-refractivity contribution in [2.24, 2.45) is 0 Å². The van der Waals surface area contributed by atoms with E-state index in [9.17, 15) is 4.79 Å². The Labute approximate surface area is 97.2 Å². The Kier molecular flexibility index (Phi) is 7.08. The Morgan fingerprint density at radius 1 is 0.812 bits per heavy atom. The molecular weight excluding hydrogens is 196 g/mol. The van der Waals surface area contributed by atoms with Crippen molar-refractivity contribution in [3.05, 3.63) is 86.1 Å². The Hall–Kier alpha value is -2.15. The SMILES string of the molecule is C=C/C=C\C(=C/C=C)C(=O)/C(C=C)=C/C=C. The lowest BCUT2D eigenvalue weighted by Gasteiger charge is -2.01. The molecule has 0 saturated heterocycles. The van der Waals surface area contributed by atoms with Gasteiger partial charge in [-0.15, -0.1) is 0 Å². The number of Topliss-reactive ketones (excluding diaryl/α,β-unsaturated/α-hetero) is 1. The maximum Gasteiger partial charge on any atom is 0.192 e. The summed E-state index contributed by atoms with van der Waals surface area (Å²) >= 11 is 0. The van der Waals surface area contributed by atoms with E-state index in [0.717, 1.165) is 0 Å². The fraction of sp³-hybridized carbons (Fsp3) is 0. The van der Waals surface area contributed by atoms with Crippen LogP contribution in [0.4, 0.5) is 0 Å². The maximum absolute atomic E-state index is 12.0. The Bertz CT molecular complexity index is 390. The van der Waals surface area contributed by atoms with Gasteiger partial charge in [0.25, 0.3) is 0 Å². The second kappa shape index (κ2) is 8.18. The average molecular weight is 212 g/mol. The summed E-state index contributed by atoms with van der Waals surface area (Å²) in [5.41, 5.74) is 1.03. The Balaban J connectivity index is 5.23. The van der Waals surface area contributed by atoms with Crippen LogP contribution in [0.3, 0.4) is 0 Å². The van der Waals surface area contributed by atoms with Crippen LogP contribution >= 0.6 is 0 Å². The van der Waals surface area contributed by atoms with Crippen LogP contribution < -0.4 is 0 Å². The lowest BCUT2D eigenvalue weighted by Crippen LogP contribution is -2.02. The minimum atomic E-state index is -0.118. The van der Waals surface area contributed by atoms with Gasteiger partial charge in [0.1, 0.15) is 0 Å². The van der Waals surface area contributed by atoms with Crippen LogP contribution in [0.5, 0.6) is 0 Å². The predicted octanol–water partition coefficient (Wildman–Crippen LogP) is 3.71. The van der Waals surface area contributed by atoms with Crippen LogP contribution in [-0.4, -0.2) is 5.78 Å². The lowest BCUT2D eigenvalue weighted by atomic mass is 10.0. The topological polar surface area (TPSA) is 17.1 Å². The van der Waals surface area contributed by atoms with E-state index in [2.05, 4.69) is 26.3 Å². The van der Waals surface area contributed by atoms with Gasteiger partial charge in [-0.25, -0.2) is 0 Å². The van der Waals surface area contributed by atoms with E-state index in [-0.39, 0.29) is 5.78 Å². The molecule has 0 fully saturated rings. The van der Waals surface area contributed by atoms with Gasteiger partial charge in [-0.05, 0) is 0 Å². The lowest BCUT2D eigenvalue weighted by molar-refractivity contribution is -0.111. The fourth-order valence-corrected chi connectivity index (χ4v) is 1.04. The molecule has 0 aromatic carbocycles. The second-order valence-corrected chi connectivity index (χ2v) is 2.84. The highest BCUT2D eigenvalue weighted by Crippen LogP contribution is 2.09. The predicted molar refractivity (Wildman–Crippen MR) is 71.1 cm³/mol. The zero-order valence-electron chi connectivity index (χ0n) is 9.36. The summed E-state index contributed by atoms with van der Waals surface area (Å²) in [6.07, 6.45) is 12.9. The number of carbonyl (C=O) groups is 1. The molecular formula is C15H16O. The fourth-order valence-electron chi connectivity index (χ4n) is 1.04. The summed E-state index contributed by atoms with van der Waals surface area (Å²) in [6.45, 7) is 14.3. The normalized spacial score (nSPS) is 12.2. The maximum atomic E-state index is 12.0. The van der Waals surface area contributed by atoms with Gasteiger partial charge in [0.05, 0.1) is 0 Å². The van der Waals surface area contributed by atoms with Gasteiger partial charge in [0.15, 0.2) is 5.78 Å². The molecule has 0 amide bonds. The van der Waals surface area contributed by atoms with E-state index in [0.29, 0.717) is 11.1 Å². The standard InChI is InChI=1S/C15H16O/c1-5-9-12-14(11-7-3)15(16)13(8-4)10-6-2/h5-12H,1-4H2/b12-9-,13-10+,14-11+. The van der Waals surface area contributed by atoms with Crippen molar-refractivity contribution in [3.8, 4) is 0 Å². The number of ketones is 1. The molecule has 0 heterocycles. The van der Waals surface area contributed by atoms with Gasteiger partial charge in [-0.3, -0.25) is 4.79 Å². The summed E-state index contributed by atoms with van der Waals surface area (Å²) in [7, 11) is 0. The van der Waals surface area contributed by atoms with E-state index >= 15 is 0 Å². The van der Waals surface area contributed by atoms with Gasteiger partial charge < -0.3 is 0 Å². The first kappa shape index (κ1) is 13.8. The van der Waals surface area contributed by atoms with Crippen molar-refractivity contribution in [2.45, 2.75) is 0 Å². The van der Waals surface area contributed by atoms with Gasteiger partial charge in [0.2, 0.25) is 0 Å². The molecule has 0 unspecified atom stereocenters. The van der Waals surface area contributed by atoms with E-state index in [1.165, 1.54) is 6.08 Å². The molecule has 0 aromatic rings. The van der Waals surface area contributed by atoms with Crippen LogP contribution in [0.1, 0.15) is 0 Å². The smallest absolute Gasteiger partial charge is 0.192 e. The molecule has 0 bridgehead atoms. The van der Waals surface area contributed by atoms with Crippen LogP contribution in [0.15, 0.2) is 86.1 Å². The molecule has 16 heavy (non-hydrogen) atoms. The van der Waals surface area contributed by atoms with Gasteiger partial charge in [-0.2, -0.15) is 0 Å². The highest BCUT2D eigenvalue weighted by molar-refractivity contribution is 6.12. The molecule has 1 nitrogen and oxygen atoms in total. The number of allylic oxidation sites excluding steroid dienone is 10. The van der Waals surface area contributed by atoms with Crippen molar-refractivity contribution >= 4 is 5.78 Å². The highest BCUT2D eigenvalue weighted by atomic mass is 16.1. The first-order valence-corrected chi connectivity index (χ1v) is 4.83. The van der Waals surface area contributed by atoms with Crippen molar-refractivity contribution < 1.29 is 4.79 Å². The average Bonchev–Trinajstić information content (AvgIpc) is 2.30. The number of hydrogen-bond donors (Lipinski definition) is 0. The summed E-state index contributed by atoms with van der Waals surface area (Å²) in [5.74, 6) is -0.118. The third-order valence-electron chi connectivity index (χ3n) is 1.75. The zero-order chi connectivity index (χ0) is 12.4. The first-order chi connectivity index (χ1) is 7.71. The van der Waals surface area contributed by atoms with Gasteiger partial charge >= 0.3 is 0 Å². The van der Waals surface area contributed by atoms with Gasteiger partial charge in [0, 0.05) is 11.1 Å². The van der Waals surface area contributed by atoms with E-state index in [4.69, 9.17) is 0 Å². The third-order valence-corrected chi connectivity index (χ3v) is 1.75. The van der Waals surface area contributed by atoms with Crippen LogP contribution in [0.2, 0.25) is 0 Å². The second-order valence-electron chi connectivity index (χ2n) is 2.84. The first-order valence-electron chi connectivity index (χ1n) is 4.83. The highest BCUT2D eigenvalue weighted by Gasteiger charge is 2.08. The van der Waals surface area contributed by atoms with Crippen molar-refractivity contribution in [1.29, 1.82) is 0 Å². The molecule has 0 N–H and O–H groups in total. The number of hydrogen-bond acceptors (Lipinski definition) is 1. The quantitative estimate of drug-likeness (QED) is 0.464. The minimum absolute atomic E-state index is 0.118. The Morgan fingerprint density at radius 3 is 1.81 bits per heavy atom. The summed E-state index contributed by atoms with van der Waals surface area (Å²) in [4.78, 5) is 12.0. The molecule has 1 heteroatoms. The minimum Gasteiger partial charge on any atom is -0.289 e. The molecule has 0 aromatic heterocycles. The molecule has 0 aliphatic carbocycles. The molecule has 0 aliphatic heterocycles. The molecule has 0 aliphatic rings. The van der Waals surface area contributed by atoms with E-state index in [1.807, 2.05) is 0 Å². The van der Waals surface area contributed by atoms with E-state index in [1.54, 1.807) is 42.5 Å². The Morgan fingerprint density at radius 2 is 1.38 bits per heavy atom. The third kappa shape index (κ3) is 4.38.